The van der Waals surface area contributed by atoms with Gasteiger partial charge in [0.25, 0.3) is 0 Å². The zero-order valence-corrected chi connectivity index (χ0v) is 37.2. The Labute approximate surface area is 357 Å². The molecule has 1 aliphatic heterocycles. The number of ether oxygens (including phenoxy) is 2. The average molecular weight is 912 g/mol. The van der Waals surface area contributed by atoms with Gasteiger partial charge in [-0.1, -0.05) is 31.9 Å². The molecule has 0 unspecified atom stereocenters. The number of halogens is 1. The minimum atomic E-state index is -4.01. The molecule has 322 valence electrons. The zero-order valence-electron chi connectivity index (χ0n) is 34.7. The first-order valence-electron chi connectivity index (χ1n) is 20.1. The van der Waals surface area contributed by atoms with Gasteiger partial charge in [0, 0.05) is 62.9 Å². The highest BCUT2D eigenvalue weighted by molar-refractivity contribution is 9.10. The van der Waals surface area contributed by atoms with Gasteiger partial charge in [-0.05, 0) is 77.4 Å². The van der Waals surface area contributed by atoms with Crippen LogP contribution in [0.25, 0.3) is 22.0 Å². The van der Waals surface area contributed by atoms with E-state index >= 15 is 0 Å². The standard InChI is InChI=1S/C42H52BrN6O10P/c1-6-7-14-42-22-31(42)20-36(37(52)21-34-27(2)8-12-38(43)46-34)49(42)40(53)25-48-35-11-9-29(19-33(35)41(47-48)28(3)50)30-23-44-39(45-24-30)13-10-32(51)26-59-60(54,57-17-15-55-4)58-18-16-56-5/h8-9,11-12,19,23-24,31,36H,6-7,10,13-18,20-22,25-26H2,1-5H3/t31-,36-,42+/m0/s1. The summed E-state index contributed by atoms with van der Waals surface area (Å²) in [6, 6.07) is 8.72. The van der Waals surface area contributed by atoms with Crippen LogP contribution in [0.15, 0.2) is 47.3 Å². The van der Waals surface area contributed by atoms with Crippen LogP contribution in [-0.4, -0.2) is 112 Å². The number of Topliss-reactive ketones (excluding diaryl/α,β-unsaturated/α-hetero) is 3. The van der Waals surface area contributed by atoms with Crippen molar-refractivity contribution in [1.29, 1.82) is 0 Å². The van der Waals surface area contributed by atoms with Gasteiger partial charge in [0.15, 0.2) is 17.3 Å². The van der Waals surface area contributed by atoms with Crippen molar-refractivity contribution in [3.05, 3.63) is 70.1 Å². The third kappa shape index (κ3) is 10.7. The summed E-state index contributed by atoms with van der Waals surface area (Å²) in [5.74, 6) is -0.134. The van der Waals surface area contributed by atoms with E-state index in [2.05, 4.69) is 42.9 Å². The van der Waals surface area contributed by atoms with Crippen LogP contribution in [-0.2, 0) is 61.4 Å². The lowest BCUT2D eigenvalue weighted by molar-refractivity contribution is -0.142. The number of carbonyl (C=O) groups excluding carboxylic acids is 4. The number of piperidine rings is 1. The lowest BCUT2D eigenvalue weighted by Gasteiger charge is -2.34. The number of phosphoric acid groups is 1. The van der Waals surface area contributed by atoms with E-state index in [4.69, 9.17) is 23.0 Å². The summed E-state index contributed by atoms with van der Waals surface area (Å²) < 4.78 is 40.7. The van der Waals surface area contributed by atoms with Gasteiger partial charge >= 0.3 is 7.82 Å². The van der Waals surface area contributed by atoms with E-state index in [9.17, 15) is 23.7 Å². The summed E-state index contributed by atoms with van der Waals surface area (Å²) in [7, 11) is -1.07. The number of pyridine rings is 1. The second kappa shape index (κ2) is 20.2. The second-order valence-electron chi connectivity index (χ2n) is 15.3. The number of amides is 1. The summed E-state index contributed by atoms with van der Waals surface area (Å²) in [5.41, 5.74) is 3.51. The lowest BCUT2D eigenvalue weighted by Crippen LogP contribution is -2.50. The SMILES string of the molecule is CCCC[C@@]12C[C@@H]1C[C@@H](C(=O)Cc1nc(Br)ccc1C)N2C(=O)Cn1nc(C(C)=O)c2cc(-c3cnc(CCC(=O)COP(=O)(OCCOC)OCCOC)nc3)ccc21. The molecular weight excluding hydrogens is 859 g/mol. The normalized spacial score (nSPS) is 18.5. The highest BCUT2D eigenvalue weighted by atomic mass is 79.9. The minimum absolute atomic E-state index is 0.0237. The highest BCUT2D eigenvalue weighted by Gasteiger charge is 2.67. The Kier molecular flexibility index (Phi) is 15.3. The van der Waals surface area contributed by atoms with Crippen molar-refractivity contribution >= 4 is 57.9 Å². The van der Waals surface area contributed by atoms with E-state index in [0.717, 1.165) is 36.8 Å². The molecule has 1 amide bonds. The first-order valence-corrected chi connectivity index (χ1v) is 22.4. The van der Waals surface area contributed by atoms with Crippen molar-refractivity contribution in [2.24, 2.45) is 5.92 Å². The molecule has 3 aromatic heterocycles. The molecule has 0 N–H and O–H groups in total. The maximum Gasteiger partial charge on any atom is 0.475 e. The fraction of sp³-hybridized carbons (Fsp3) is 0.524. The fourth-order valence-electron chi connectivity index (χ4n) is 7.89. The molecule has 1 aromatic carbocycles. The Balaban J connectivity index is 1.14. The van der Waals surface area contributed by atoms with E-state index in [0.29, 0.717) is 39.0 Å². The van der Waals surface area contributed by atoms with Gasteiger partial charge in [-0.15, -0.1) is 0 Å². The largest absolute Gasteiger partial charge is 0.475 e. The Morgan fingerprint density at radius 1 is 0.967 bits per heavy atom. The maximum atomic E-state index is 14.5. The molecule has 0 radical (unpaired) electrons. The van der Waals surface area contributed by atoms with Crippen LogP contribution < -0.4 is 0 Å². The summed E-state index contributed by atoms with van der Waals surface area (Å²) >= 11 is 3.42. The minimum Gasteiger partial charge on any atom is -0.382 e. The first-order chi connectivity index (χ1) is 28.8. The molecule has 18 heteroatoms. The van der Waals surface area contributed by atoms with E-state index in [-0.39, 0.29) is 92.6 Å². The van der Waals surface area contributed by atoms with Crippen LogP contribution in [0.1, 0.15) is 79.9 Å². The number of hydrogen-bond donors (Lipinski definition) is 0. The van der Waals surface area contributed by atoms with Gasteiger partial charge in [0.05, 0.1) is 50.1 Å². The molecule has 16 nitrogen and oxygen atoms in total. The van der Waals surface area contributed by atoms with Gasteiger partial charge in [-0.3, -0.25) is 37.4 Å². The van der Waals surface area contributed by atoms with Crippen LogP contribution in [0, 0.1) is 12.8 Å². The van der Waals surface area contributed by atoms with Crippen LogP contribution in [0.4, 0.5) is 0 Å². The van der Waals surface area contributed by atoms with Crippen molar-refractivity contribution in [2.45, 2.75) is 90.3 Å². The highest BCUT2D eigenvalue weighted by Crippen LogP contribution is 2.61. The molecule has 2 aliphatic rings. The number of fused-ring (bicyclic) bond motifs is 2. The smallest absolute Gasteiger partial charge is 0.382 e. The van der Waals surface area contributed by atoms with Gasteiger partial charge in [-0.2, -0.15) is 5.10 Å². The van der Waals surface area contributed by atoms with Gasteiger partial charge in [-0.25, -0.2) is 19.5 Å². The quantitative estimate of drug-likeness (QED) is 0.0321. The third-order valence-corrected chi connectivity index (χ3v) is 13.0. The first kappa shape index (κ1) is 45.4. The third-order valence-electron chi connectivity index (χ3n) is 11.1. The molecule has 6 rings (SSSR count). The van der Waals surface area contributed by atoms with Gasteiger partial charge in [0.2, 0.25) is 5.91 Å². The fourth-order valence-corrected chi connectivity index (χ4v) is 9.36. The number of phosphoric ester groups is 1. The topological polar surface area (TPSA) is 191 Å². The number of likely N-dealkylation sites (tertiary alicyclic amines) is 1. The number of methoxy groups -OCH3 is 2. The van der Waals surface area contributed by atoms with Gasteiger partial charge < -0.3 is 14.4 Å². The molecule has 1 saturated heterocycles. The van der Waals surface area contributed by atoms with E-state index in [1.54, 1.807) is 17.1 Å². The van der Waals surface area contributed by atoms with Crippen LogP contribution in [0.2, 0.25) is 0 Å². The summed E-state index contributed by atoms with van der Waals surface area (Å²) in [4.78, 5) is 69.3. The molecular formula is C42H52BrN6O10P. The maximum absolute atomic E-state index is 14.5. The Hall–Kier alpha value is -4.09. The monoisotopic (exact) mass is 910 g/mol. The number of carbonyl (C=O) groups is 4. The Bertz CT molecular complexity index is 2240. The van der Waals surface area contributed by atoms with E-state index in [1.165, 1.54) is 21.1 Å². The molecule has 0 bridgehead atoms. The molecule has 4 aromatic rings. The number of hydrogen-bond acceptors (Lipinski definition) is 14. The number of benzene rings is 1. The van der Waals surface area contributed by atoms with Crippen molar-refractivity contribution in [3.8, 4) is 11.1 Å². The predicted octanol–water partition coefficient (Wildman–Crippen LogP) is 6.48. The summed E-state index contributed by atoms with van der Waals surface area (Å²) in [6.45, 7) is 5.11. The summed E-state index contributed by atoms with van der Waals surface area (Å²) in [6.07, 6.45) is 7.92. The van der Waals surface area contributed by atoms with Crippen molar-refractivity contribution in [1.82, 2.24) is 29.6 Å². The zero-order chi connectivity index (χ0) is 43.0. The van der Waals surface area contributed by atoms with Crippen LogP contribution >= 0.6 is 23.8 Å². The Morgan fingerprint density at radius 2 is 1.68 bits per heavy atom. The van der Waals surface area contributed by atoms with Crippen LogP contribution in [0.3, 0.4) is 0 Å². The van der Waals surface area contributed by atoms with Crippen molar-refractivity contribution < 1.29 is 46.8 Å². The average Bonchev–Trinajstić information content (AvgIpc) is 3.65. The van der Waals surface area contributed by atoms with Crippen molar-refractivity contribution in [3.63, 3.8) is 0 Å². The van der Waals surface area contributed by atoms with Crippen molar-refractivity contribution in [2.75, 3.05) is 47.3 Å². The number of nitrogens with zero attached hydrogens (tertiary/aromatic N) is 6. The Morgan fingerprint density at radius 3 is 2.35 bits per heavy atom. The number of ketones is 3. The molecule has 3 atom stereocenters. The predicted molar refractivity (Wildman–Crippen MR) is 224 cm³/mol. The molecule has 0 spiro atoms. The summed E-state index contributed by atoms with van der Waals surface area (Å²) in [5, 5.41) is 5.22. The number of aromatic nitrogens is 5. The second-order valence-corrected chi connectivity index (χ2v) is 17.7. The van der Waals surface area contributed by atoms with Crippen LogP contribution in [0.5, 0.6) is 0 Å². The molecule has 4 heterocycles. The molecule has 2 fully saturated rings. The van der Waals surface area contributed by atoms with E-state index in [1.807, 2.05) is 42.2 Å². The number of aryl methyl sites for hydroxylation is 2. The lowest BCUT2D eigenvalue weighted by atomic mass is 10.0. The molecule has 1 aliphatic carbocycles. The molecule has 1 saturated carbocycles. The molecule has 60 heavy (non-hydrogen) atoms. The number of unbranched alkanes of at least 4 members (excludes halogenated alkanes) is 1. The van der Waals surface area contributed by atoms with Gasteiger partial charge in [0.1, 0.15) is 29.3 Å². The number of rotatable bonds is 24. The van der Waals surface area contributed by atoms with E-state index < -0.39 is 20.5 Å².